The summed E-state index contributed by atoms with van der Waals surface area (Å²) in [4.78, 5) is 15.3. The summed E-state index contributed by atoms with van der Waals surface area (Å²) >= 11 is 0. The molecular formula is C22H29F2N5O4S. The zero-order chi connectivity index (χ0) is 24.6. The van der Waals surface area contributed by atoms with E-state index in [1.165, 1.54) is 10.5 Å². The molecule has 0 spiro atoms. The summed E-state index contributed by atoms with van der Waals surface area (Å²) in [6.45, 7) is 4.48. The van der Waals surface area contributed by atoms with E-state index in [1.54, 1.807) is 13.8 Å². The first kappa shape index (κ1) is 24.4. The second-order valence-corrected chi connectivity index (χ2v) is 11.4. The number of nitrogens with two attached hydrogens (primary N) is 1. The summed E-state index contributed by atoms with van der Waals surface area (Å²) in [6, 6.07) is 1.58. The number of nitrogens with zero attached hydrogens (tertiary/aromatic N) is 4. The number of sulfonamides is 1. The predicted molar refractivity (Wildman–Crippen MR) is 125 cm³/mol. The lowest BCUT2D eigenvalue weighted by Gasteiger charge is -2.36. The van der Waals surface area contributed by atoms with Crippen LogP contribution in [0.3, 0.4) is 0 Å². The Bertz CT molecular complexity index is 1220. The maximum atomic E-state index is 14.0. The maximum Gasteiger partial charge on any atom is 0.316 e. The summed E-state index contributed by atoms with van der Waals surface area (Å²) in [6.07, 6.45) is 4.78. The molecule has 186 valence electrons. The number of anilines is 2. The average molecular weight is 498 g/mol. The van der Waals surface area contributed by atoms with E-state index in [2.05, 4.69) is 5.10 Å². The molecule has 0 unspecified atom stereocenters. The van der Waals surface area contributed by atoms with Gasteiger partial charge in [0.1, 0.15) is 11.5 Å². The van der Waals surface area contributed by atoms with E-state index >= 15 is 0 Å². The van der Waals surface area contributed by atoms with Crippen LogP contribution in [0.5, 0.6) is 5.75 Å². The first-order valence-corrected chi connectivity index (χ1v) is 12.9. The Balaban J connectivity index is 1.71. The van der Waals surface area contributed by atoms with Gasteiger partial charge >= 0.3 is 5.56 Å². The molecule has 0 radical (unpaired) electrons. The first-order valence-electron chi connectivity index (χ1n) is 11.4. The van der Waals surface area contributed by atoms with Crippen molar-refractivity contribution in [2.24, 2.45) is 0 Å². The topological polar surface area (TPSA) is 111 Å². The molecule has 4 rings (SSSR count). The van der Waals surface area contributed by atoms with Crippen molar-refractivity contribution in [1.29, 1.82) is 0 Å². The molecule has 0 bridgehead atoms. The van der Waals surface area contributed by atoms with E-state index in [-0.39, 0.29) is 30.6 Å². The smallest absolute Gasteiger partial charge is 0.316 e. The number of benzene rings is 1. The number of rotatable bonds is 6. The molecule has 12 heteroatoms. The highest BCUT2D eigenvalue weighted by molar-refractivity contribution is 7.89. The summed E-state index contributed by atoms with van der Waals surface area (Å²) in [5.41, 5.74) is 4.90. The second kappa shape index (κ2) is 9.49. The molecule has 2 aliphatic rings. The molecule has 2 N–H and O–H groups in total. The van der Waals surface area contributed by atoms with E-state index in [4.69, 9.17) is 10.5 Å². The number of halogens is 2. The molecular weight excluding hydrogens is 468 g/mol. The van der Waals surface area contributed by atoms with E-state index in [1.807, 2.05) is 4.90 Å². The van der Waals surface area contributed by atoms with Crippen molar-refractivity contribution in [2.45, 2.75) is 50.9 Å². The van der Waals surface area contributed by atoms with Crippen molar-refractivity contribution in [2.75, 3.05) is 36.8 Å². The number of hydrogen-bond donors (Lipinski definition) is 1. The Morgan fingerprint density at radius 1 is 1.09 bits per heavy atom. The van der Waals surface area contributed by atoms with Crippen LogP contribution in [0.15, 0.2) is 23.1 Å². The van der Waals surface area contributed by atoms with Crippen molar-refractivity contribution < 1.29 is 21.9 Å². The fourth-order valence-corrected chi connectivity index (χ4v) is 5.61. The van der Waals surface area contributed by atoms with Crippen LogP contribution in [0.2, 0.25) is 0 Å². The van der Waals surface area contributed by atoms with Gasteiger partial charge in [0, 0.05) is 38.3 Å². The normalized spacial score (nSPS) is 18.1. The zero-order valence-corrected chi connectivity index (χ0v) is 20.0. The van der Waals surface area contributed by atoms with Gasteiger partial charge in [0.15, 0.2) is 5.82 Å². The summed E-state index contributed by atoms with van der Waals surface area (Å²) in [7, 11) is -3.39. The summed E-state index contributed by atoms with van der Waals surface area (Å²) in [5, 5.41) is 3.61. The molecule has 0 amide bonds. The molecule has 1 saturated carbocycles. The molecule has 2 heterocycles. The van der Waals surface area contributed by atoms with Crippen molar-refractivity contribution in [3.8, 4) is 11.4 Å². The number of aromatic nitrogens is 2. The monoisotopic (exact) mass is 497 g/mol. The molecule has 1 aromatic carbocycles. The standard InChI is InChI=1S/C22H29F2N5O4S/c1-14(2)34(31,32)28-9-7-27(8-10-28)19-13-26-29(18-12-15(23)11-17(24)20(18)25)22(30)21(19)33-16-5-3-4-6-16/h11-14,16H,3-10,25H2,1-2H3. The van der Waals surface area contributed by atoms with E-state index in [9.17, 15) is 22.0 Å². The fourth-order valence-electron chi connectivity index (χ4n) is 4.34. The molecule has 2 fully saturated rings. The van der Waals surface area contributed by atoms with E-state index in [0.29, 0.717) is 24.8 Å². The van der Waals surface area contributed by atoms with E-state index < -0.39 is 38.2 Å². The molecule has 1 aliphatic carbocycles. The highest BCUT2D eigenvalue weighted by atomic mass is 32.2. The van der Waals surface area contributed by atoms with Gasteiger partial charge in [-0.25, -0.2) is 17.2 Å². The van der Waals surface area contributed by atoms with Crippen molar-refractivity contribution >= 4 is 21.4 Å². The number of ether oxygens (including phenoxy) is 1. The number of hydrogen-bond acceptors (Lipinski definition) is 7. The number of nitrogen functional groups attached to an aromatic ring is 1. The minimum atomic E-state index is -3.39. The van der Waals surface area contributed by atoms with Crippen LogP contribution < -0.4 is 20.9 Å². The van der Waals surface area contributed by atoms with Crippen LogP contribution >= 0.6 is 0 Å². The van der Waals surface area contributed by atoms with Crippen LogP contribution in [-0.2, 0) is 10.0 Å². The largest absolute Gasteiger partial charge is 0.483 e. The maximum absolute atomic E-state index is 14.0. The minimum Gasteiger partial charge on any atom is -0.483 e. The molecule has 1 aliphatic heterocycles. The molecule has 34 heavy (non-hydrogen) atoms. The van der Waals surface area contributed by atoms with Gasteiger partial charge in [-0.3, -0.25) is 4.79 Å². The summed E-state index contributed by atoms with van der Waals surface area (Å²) in [5.74, 6) is -1.86. The predicted octanol–water partition coefficient (Wildman–Crippen LogP) is 2.27. The fraction of sp³-hybridized carbons (Fsp3) is 0.545. The van der Waals surface area contributed by atoms with E-state index in [0.717, 1.165) is 36.4 Å². The van der Waals surface area contributed by atoms with Crippen LogP contribution in [0.4, 0.5) is 20.2 Å². The van der Waals surface area contributed by atoms with Gasteiger partial charge in [-0.15, -0.1) is 0 Å². The molecule has 0 atom stereocenters. The van der Waals surface area contributed by atoms with Crippen molar-refractivity contribution in [3.05, 3.63) is 40.3 Å². The lowest BCUT2D eigenvalue weighted by molar-refractivity contribution is 0.205. The Kier molecular flexibility index (Phi) is 6.81. The Morgan fingerprint density at radius 2 is 1.74 bits per heavy atom. The first-order chi connectivity index (χ1) is 16.1. The molecule has 2 aromatic rings. The summed E-state index contributed by atoms with van der Waals surface area (Å²) < 4.78 is 61.3. The Morgan fingerprint density at radius 3 is 2.35 bits per heavy atom. The third-order valence-corrected chi connectivity index (χ3v) is 8.61. The van der Waals surface area contributed by atoms with Crippen molar-refractivity contribution in [1.82, 2.24) is 14.1 Å². The zero-order valence-electron chi connectivity index (χ0n) is 19.2. The van der Waals surface area contributed by atoms with Crippen LogP contribution in [0.1, 0.15) is 39.5 Å². The van der Waals surface area contributed by atoms with Crippen LogP contribution in [-0.4, -0.2) is 60.0 Å². The van der Waals surface area contributed by atoms with Gasteiger partial charge < -0.3 is 15.4 Å². The highest BCUT2D eigenvalue weighted by Crippen LogP contribution is 2.31. The van der Waals surface area contributed by atoms with Crippen LogP contribution in [0.25, 0.3) is 5.69 Å². The second-order valence-electron chi connectivity index (χ2n) is 8.90. The van der Waals surface area contributed by atoms with Gasteiger partial charge in [0.25, 0.3) is 0 Å². The highest BCUT2D eigenvalue weighted by Gasteiger charge is 2.32. The Hall–Kier alpha value is -2.73. The molecule has 1 saturated heterocycles. The van der Waals surface area contributed by atoms with Crippen LogP contribution in [0, 0.1) is 11.6 Å². The quantitative estimate of drug-likeness (QED) is 0.610. The van der Waals surface area contributed by atoms with Crippen molar-refractivity contribution in [3.63, 3.8) is 0 Å². The van der Waals surface area contributed by atoms with Gasteiger partial charge in [0.2, 0.25) is 15.8 Å². The molecule has 1 aromatic heterocycles. The Labute approximate surface area is 197 Å². The SMILES string of the molecule is CC(C)S(=O)(=O)N1CCN(c2cnn(-c3cc(F)cc(F)c3N)c(=O)c2OC2CCCC2)CC1. The lowest BCUT2D eigenvalue weighted by Crippen LogP contribution is -2.50. The van der Waals surface area contributed by atoms with Gasteiger partial charge in [0.05, 0.1) is 28.9 Å². The third-order valence-electron chi connectivity index (χ3n) is 6.34. The van der Waals surface area contributed by atoms with Gasteiger partial charge in [-0.1, -0.05) is 0 Å². The minimum absolute atomic E-state index is 0.0196. The average Bonchev–Trinajstić information content (AvgIpc) is 3.31. The third kappa shape index (κ3) is 4.61. The molecule has 9 nitrogen and oxygen atoms in total. The number of piperazine rings is 1. The lowest BCUT2D eigenvalue weighted by atomic mass is 10.2. The van der Waals surface area contributed by atoms with Gasteiger partial charge in [-0.05, 0) is 39.5 Å². The van der Waals surface area contributed by atoms with Gasteiger partial charge in [-0.2, -0.15) is 14.1 Å².